The monoisotopic (exact) mass is 335 g/mol. The zero-order valence-corrected chi connectivity index (χ0v) is 12.5. The first-order valence-corrected chi connectivity index (χ1v) is 5.68. The maximum Gasteiger partial charge on any atom is 2.00 e. The average molecular weight is 336 g/mol. The molecule has 0 bridgehead atoms. The van der Waals surface area contributed by atoms with Crippen LogP contribution >= 0.6 is 0 Å². The van der Waals surface area contributed by atoms with Crippen LogP contribution in [0.15, 0.2) is 0 Å². The number of hydrogen-bond donors (Lipinski definition) is 6. The summed E-state index contributed by atoms with van der Waals surface area (Å²) in [7, 11) is -4.92. The molecular weight excluding hydrogens is 322 g/mol. The van der Waals surface area contributed by atoms with E-state index in [0.717, 1.165) is 0 Å². The summed E-state index contributed by atoms with van der Waals surface area (Å²) in [6.45, 7) is -0.470. The molecule has 0 aromatic rings. The molecule has 7 N–H and O–H groups in total. The van der Waals surface area contributed by atoms with Gasteiger partial charge in [0, 0.05) is 0 Å². The van der Waals surface area contributed by atoms with Crippen molar-refractivity contribution >= 4 is 33.5 Å². The summed E-state index contributed by atoms with van der Waals surface area (Å²) in [5.41, 5.74) is 5.26. The Morgan fingerprint density at radius 1 is 1.21 bits per heavy atom. The first-order valence-electron chi connectivity index (χ1n) is 4.32. The van der Waals surface area contributed by atoms with Crippen molar-refractivity contribution in [1.29, 1.82) is 0 Å². The molecular formula is C6H14ClMgNO9S. The van der Waals surface area contributed by atoms with Crippen molar-refractivity contribution < 1.29 is 55.1 Å². The molecule has 0 amide bonds. The molecule has 0 aromatic heterocycles. The first kappa shape index (κ1) is 24.7. The number of hydrogen-bond acceptors (Lipinski definition) is 9. The van der Waals surface area contributed by atoms with E-state index >= 15 is 0 Å². The van der Waals surface area contributed by atoms with Gasteiger partial charge in [0.25, 0.3) is 0 Å². The van der Waals surface area contributed by atoms with Crippen LogP contribution in [-0.2, 0) is 15.1 Å². The summed E-state index contributed by atoms with van der Waals surface area (Å²) in [6.07, 6.45) is -4.85. The summed E-state index contributed by atoms with van der Waals surface area (Å²) < 4.78 is 37.5. The Balaban J connectivity index is -0.000000320. The van der Waals surface area contributed by atoms with Crippen LogP contribution in [0.2, 0.25) is 0 Å². The topological polar surface area (TPSA) is 194 Å². The van der Waals surface area contributed by atoms with E-state index in [0.29, 0.717) is 0 Å². The van der Waals surface area contributed by atoms with E-state index in [1.165, 1.54) is 0 Å². The minimum absolute atomic E-state index is 0. The van der Waals surface area contributed by atoms with Crippen molar-refractivity contribution in [2.75, 3.05) is 6.61 Å². The molecule has 1 aliphatic rings. The first-order chi connectivity index (χ1) is 7.57. The fourth-order valence-electron chi connectivity index (χ4n) is 1.12. The summed E-state index contributed by atoms with van der Waals surface area (Å²) in [6, 6.07) is -1.04. The van der Waals surface area contributed by atoms with Crippen LogP contribution in [0.25, 0.3) is 0 Å². The molecule has 19 heavy (non-hydrogen) atoms. The summed E-state index contributed by atoms with van der Waals surface area (Å²) in [5, 5.41) is 36.1. The van der Waals surface area contributed by atoms with Gasteiger partial charge in [0.1, 0.15) is 18.3 Å². The van der Waals surface area contributed by atoms with Crippen LogP contribution < -0.4 is 18.1 Å². The van der Waals surface area contributed by atoms with Gasteiger partial charge in [-0.15, -0.1) is 0 Å². The van der Waals surface area contributed by atoms with Crippen molar-refractivity contribution in [3.8, 4) is 0 Å². The second kappa shape index (κ2) is 10.4. The minimum Gasteiger partial charge on any atom is -1.00 e. The van der Waals surface area contributed by atoms with Crippen LogP contribution in [0.4, 0.5) is 0 Å². The normalized spacial score (nSPS) is 34.2. The molecule has 5 atom stereocenters. The summed E-state index contributed by atoms with van der Waals surface area (Å²) in [5.74, 6) is 0. The van der Waals surface area contributed by atoms with Crippen molar-refractivity contribution in [3.63, 3.8) is 0 Å². The van der Waals surface area contributed by atoms with E-state index in [1.54, 1.807) is 0 Å². The Kier molecular flexibility index (Phi) is 13.5. The molecule has 13 heteroatoms. The molecule has 0 unspecified atom stereocenters. The fraction of sp³-hybridized carbons (Fsp3) is 1.00. The molecule has 1 rings (SSSR count). The van der Waals surface area contributed by atoms with Crippen molar-refractivity contribution in [2.24, 2.45) is 5.73 Å². The molecule has 0 aliphatic carbocycles. The Morgan fingerprint density at radius 2 is 1.58 bits per heavy atom. The summed E-state index contributed by atoms with van der Waals surface area (Å²) in [4.78, 5) is 0. The van der Waals surface area contributed by atoms with E-state index in [2.05, 4.69) is 0 Å². The third kappa shape index (κ3) is 10.1. The van der Waals surface area contributed by atoms with Gasteiger partial charge in [-0.05, 0) is 0 Å². The zero-order valence-electron chi connectivity index (χ0n) is 9.53. The predicted octanol–water partition coefficient (Wildman–Crippen LogP) is -7.63. The third-order valence-electron chi connectivity index (χ3n) is 1.95. The average Bonchev–Trinajstić information content (AvgIpc) is 2.18. The molecule has 0 aromatic carbocycles. The Labute approximate surface area is 131 Å². The van der Waals surface area contributed by atoms with Gasteiger partial charge in [-0.25, -0.2) is 8.42 Å². The maximum absolute atomic E-state index is 9.20. The van der Waals surface area contributed by atoms with Crippen molar-refractivity contribution in [3.05, 3.63) is 0 Å². The standard InChI is InChI=1S/C6H13NO5.ClH.Mg.H2O4S/c7-3-5(10)4(9)2(1-8)12-6(3)11;;;1-5(2,3)4/h2-6,8-11H,1,7H2;1H;;(H2,1,2,3,4)/q;;+2;/p-2/t2-,3-,4-,5-,6-;;;/m1.../s1. The SMILES string of the molecule is N[C@@H]1[C@@H](O)[C@H](O)[C@@H](CO)O[C@H]1O.O=S(=O)([O-])O.[Cl-].[Mg+2]. The third-order valence-corrected chi connectivity index (χ3v) is 1.95. The van der Waals surface area contributed by atoms with E-state index in [-0.39, 0.29) is 35.5 Å². The molecule has 1 saturated heterocycles. The van der Waals surface area contributed by atoms with Crippen LogP contribution in [-0.4, -0.2) is 98.3 Å². The van der Waals surface area contributed by atoms with Crippen LogP contribution in [0.3, 0.4) is 0 Å². The van der Waals surface area contributed by atoms with Crippen LogP contribution in [0.1, 0.15) is 0 Å². The molecule has 1 heterocycles. The number of aliphatic hydroxyl groups excluding tert-OH is 4. The van der Waals surface area contributed by atoms with Crippen LogP contribution in [0.5, 0.6) is 0 Å². The quantitative estimate of drug-likeness (QED) is 0.152. The van der Waals surface area contributed by atoms with E-state index in [1.807, 2.05) is 0 Å². The van der Waals surface area contributed by atoms with Crippen molar-refractivity contribution in [2.45, 2.75) is 30.6 Å². The van der Waals surface area contributed by atoms with Gasteiger partial charge in [-0.3, -0.25) is 4.55 Å². The smallest absolute Gasteiger partial charge is 1.00 e. The second-order valence-corrected chi connectivity index (χ2v) is 4.09. The minimum atomic E-state index is -4.92. The Bertz CT molecular complexity index is 318. The molecule has 0 saturated carbocycles. The molecule has 10 nitrogen and oxygen atoms in total. The predicted molar refractivity (Wildman–Crippen MR) is 56.0 cm³/mol. The number of nitrogens with two attached hydrogens (primary N) is 1. The van der Waals surface area contributed by atoms with Gasteiger partial charge in [-0.2, -0.15) is 0 Å². The van der Waals surface area contributed by atoms with Gasteiger partial charge >= 0.3 is 23.1 Å². The molecule has 1 aliphatic heterocycles. The number of rotatable bonds is 1. The molecule has 1 fully saturated rings. The molecule has 0 radical (unpaired) electrons. The second-order valence-electron chi connectivity index (χ2n) is 3.23. The van der Waals surface area contributed by atoms with Gasteiger partial charge < -0.3 is 47.9 Å². The van der Waals surface area contributed by atoms with E-state index in [4.69, 9.17) is 38.2 Å². The summed E-state index contributed by atoms with van der Waals surface area (Å²) >= 11 is 0. The van der Waals surface area contributed by atoms with Gasteiger partial charge in [-0.1, -0.05) is 0 Å². The Hall–Kier alpha value is 0.686. The number of aliphatic hydroxyl groups is 4. The van der Waals surface area contributed by atoms with E-state index in [9.17, 15) is 10.2 Å². The van der Waals surface area contributed by atoms with E-state index < -0.39 is 47.6 Å². The maximum atomic E-state index is 9.20. The molecule has 112 valence electrons. The largest absolute Gasteiger partial charge is 2.00 e. The number of halogens is 1. The van der Waals surface area contributed by atoms with Crippen LogP contribution in [0, 0.1) is 0 Å². The Morgan fingerprint density at radius 3 is 1.89 bits per heavy atom. The van der Waals surface area contributed by atoms with Gasteiger partial charge in [0.05, 0.1) is 12.6 Å². The number of ether oxygens (including phenoxy) is 1. The zero-order chi connectivity index (χ0) is 13.8. The molecule has 0 spiro atoms. The fourth-order valence-corrected chi connectivity index (χ4v) is 1.12. The van der Waals surface area contributed by atoms with Gasteiger partial charge in [0.2, 0.25) is 10.4 Å². The van der Waals surface area contributed by atoms with Gasteiger partial charge in [0.15, 0.2) is 6.29 Å². The van der Waals surface area contributed by atoms with Crippen molar-refractivity contribution in [1.82, 2.24) is 0 Å².